The van der Waals surface area contributed by atoms with Crippen LogP contribution in [0.1, 0.15) is 27.2 Å². The van der Waals surface area contributed by atoms with Crippen molar-refractivity contribution in [1.29, 1.82) is 0 Å². The van der Waals surface area contributed by atoms with E-state index in [-0.39, 0.29) is 11.9 Å². The van der Waals surface area contributed by atoms with E-state index in [9.17, 15) is 9.59 Å². The number of aromatic nitrogens is 2. The Morgan fingerprint density at radius 3 is 3.04 bits per heavy atom. The van der Waals surface area contributed by atoms with E-state index in [1.807, 2.05) is 29.8 Å². The highest BCUT2D eigenvalue weighted by Crippen LogP contribution is 2.16. The average Bonchev–Trinajstić information content (AvgIpc) is 2.98. The van der Waals surface area contributed by atoms with Crippen molar-refractivity contribution in [3.05, 3.63) is 53.1 Å². The average molecular weight is 327 g/mol. The minimum Gasteiger partial charge on any atom is -0.352 e. The highest BCUT2D eigenvalue weighted by atomic mass is 16.2. The number of nitrogens with zero attached hydrogens (tertiary/aromatic N) is 3. The summed E-state index contributed by atoms with van der Waals surface area (Å²) in [6.07, 6.45) is 4.30. The molecule has 0 atom stereocenters. The molecular formula is C17H21N5O2. The van der Waals surface area contributed by atoms with Crippen molar-refractivity contribution in [2.75, 3.05) is 13.6 Å². The van der Waals surface area contributed by atoms with Crippen molar-refractivity contribution in [1.82, 2.24) is 25.1 Å². The van der Waals surface area contributed by atoms with E-state index in [1.165, 1.54) is 0 Å². The Morgan fingerprint density at radius 1 is 1.46 bits per heavy atom. The van der Waals surface area contributed by atoms with Crippen LogP contribution in [0.15, 0.2) is 30.7 Å². The lowest BCUT2D eigenvalue weighted by Gasteiger charge is -2.19. The van der Waals surface area contributed by atoms with E-state index in [0.29, 0.717) is 25.2 Å². The van der Waals surface area contributed by atoms with Gasteiger partial charge in [-0.3, -0.25) is 4.79 Å². The van der Waals surface area contributed by atoms with E-state index < -0.39 is 0 Å². The number of nitrogens with one attached hydrogen (secondary N) is 2. The third-order valence-electron chi connectivity index (χ3n) is 4.20. The molecule has 24 heavy (non-hydrogen) atoms. The summed E-state index contributed by atoms with van der Waals surface area (Å²) < 4.78 is 1.88. The molecule has 2 N–H and O–H groups in total. The summed E-state index contributed by atoms with van der Waals surface area (Å²) in [5.41, 5.74) is 3.63. The van der Waals surface area contributed by atoms with Crippen LogP contribution >= 0.6 is 0 Å². The molecule has 3 amide bonds. The van der Waals surface area contributed by atoms with Crippen LogP contribution in [0, 0.1) is 0 Å². The Kier molecular flexibility index (Phi) is 4.50. The highest BCUT2D eigenvalue weighted by molar-refractivity contribution is 5.96. The number of hydrogen-bond acceptors (Lipinski definition) is 3. The molecule has 1 aliphatic heterocycles. The molecule has 7 heteroatoms. The molecule has 3 rings (SSSR count). The predicted octanol–water partition coefficient (Wildman–Crippen LogP) is 1.05. The van der Waals surface area contributed by atoms with Crippen molar-refractivity contribution < 1.29 is 9.59 Å². The van der Waals surface area contributed by atoms with Gasteiger partial charge in [0.15, 0.2) is 0 Å². The summed E-state index contributed by atoms with van der Waals surface area (Å²) in [5.74, 6) is -0.0437. The van der Waals surface area contributed by atoms with E-state index in [1.54, 1.807) is 24.5 Å². The first-order chi connectivity index (χ1) is 11.5. The second kappa shape index (κ2) is 6.74. The molecule has 0 saturated carbocycles. The minimum atomic E-state index is -0.168. The van der Waals surface area contributed by atoms with Gasteiger partial charge in [0.2, 0.25) is 0 Å². The fraction of sp³-hybridized carbons (Fsp3) is 0.353. The summed E-state index contributed by atoms with van der Waals surface area (Å²) in [6.45, 7) is 1.55. The first-order valence-corrected chi connectivity index (χ1v) is 7.89. The number of hydrogen-bond donors (Lipinski definition) is 2. The van der Waals surface area contributed by atoms with Gasteiger partial charge in [0.1, 0.15) is 0 Å². The molecule has 0 fully saturated rings. The smallest absolute Gasteiger partial charge is 0.317 e. The van der Waals surface area contributed by atoms with Gasteiger partial charge in [-0.15, -0.1) is 0 Å². The van der Waals surface area contributed by atoms with E-state index in [0.717, 1.165) is 23.2 Å². The first-order valence-electron chi connectivity index (χ1n) is 7.89. The maximum atomic E-state index is 12.2. The number of carbonyl (C=O) groups excluding carboxylic acids is 2. The lowest BCUT2D eigenvalue weighted by atomic mass is 9.98. The predicted molar refractivity (Wildman–Crippen MR) is 89.4 cm³/mol. The normalized spacial score (nSPS) is 13.2. The van der Waals surface area contributed by atoms with Crippen molar-refractivity contribution in [3.63, 3.8) is 0 Å². The van der Waals surface area contributed by atoms with Crippen LogP contribution in [-0.2, 0) is 26.6 Å². The van der Waals surface area contributed by atoms with Gasteiger partial charge in [-0.05, 0) is 23.6 Å². The van der Waals surface area contributed by atoms with Gasteiger partial charge < -0.3 is 20.1 Å². The quantitative estimate of drug-likeness (QED) is 0.881. The van der Waals surface area contributed by atoms with Crippen molar-refractivity contribution in [2.24, 2.45) is 7.05 Å². The Hall–Kier alpha value is -2.83. The Labute approximate surface area is 140 Å². The summed E-state index contributed by atoms with van der Waals surface area (Å²) in [7, 11) is 3.63. The van der Waals surface area contributed by atoms with Crippen molar-refractivity contribution in [2.45, 2.75) is 19.5 Å². The van der Waals surface area contributed by atoms with Gasteiger partial charge in [0, 0.05) is 38.9 Å². The largest absolute Gasteiger partial charge is 0.352 e. The second-order valence-electron chi connectivity index (χ2n) is 6.01. The molecule has 0 saturated heterocycles. The minimum absolute atomic E-state index is 0.0437. The number of fused-ring (bicyclic) bond motifs is 1. The Morgan fingerprint density at radius 2 is 2.29 bits per heavy atom. The maximum Gasteiger partial charge on any atom is 0.317 e. The van der Waals surface area contributed by atoms with Gasteiger partial charge in [-0.25, -0.2) is 9.78 Å². The molecule has 2 heterocycles. The standard InChI is InChI=1S/C17H21N5O2/c1-21(10-14-9-18-11-22(14)2)17(24)20-8-12-3-4-13-5-6-19-16(23)15(13)7-12/h3-4,7,9,11H,5-6,8,10H2,1-2H3,(H,19,23)(H,20,24). The van der Waals surface area contributed by atoms with Crippen molar-refractivity contribution in [3.8, 4) is 0 Å². The lowest BCUT2D eigenvalue weighted by molar-refractivity contribution is 0.0946. The van der Waals surface area contributed by atoms with Crippen LogP contribution < -0.4 is 10.6 Å². The third-order valence-corrected chi connectivity index (χ3v) is 4.20. The van der Waals surface area contributed by atoms with Gasteiger partial charge in [0.05, 0.1) is 18.6 Å². The molecule has 1 aliphatic rings. The van der Waals surface area contributed by atoms with E-state index in [4.69, 9.17) is 0 Å². The molecule has 126 valence electrons. The maximum absolute atomic E-state index is 12.2. The SMILES string of the molecule is CN(Cc1cncn1C)C(=O)NCc1ccc2c(c1)C(=O)NCC2. The summed E-state index contributed by atoms with van der Waals surface area (Å²) in [5, 5.41) is 5.71. The lowest BCUT2D eigenvalue weighted by Crippen LogP contribution is -2.37. The second-order valence-corrected chi connectivity index (χ2v) is 6.01. The number of amides is 3. The molecule has 2 aromatic rings. The number of imidazole rings is 1. The fourth-order valence-electron chi connectivity index (χ4n) is 2.73. The molecule has 0 aliphatic carbocycles. The van der Waals surface area contributed by atoms with Crippen LogP contribution in [-0.4, -0.2) is 40.0 Å². The molecular weight excluding hydrogens is 306 g/mol. The zero-order chi connectivity index (χ0) is 17.1. The summed E-state index contributed by atoms with van der Waals surface area (Å²) in [6, 6.07) is 5.61. The van der Waals surface area contributed by atoms with Crippen LogP contribution in [0.25, 0.3) is 0 Å². The number of benzene rings is 1. The molecule has 0 spiro atoms. The molecule has 0 unspecified atom stereocenters. The zero-order valence-electron chi connectivity index (χ0n) is 13.9. The van der Waals surface area contributed by atoms with Crippen LogP contribution in [0.2, 0.25) is 0 Å². The molecule has 1 aromatic heterocycles. The van der Waals surface area contributed by atoms with Gasteiger partial charge >= 0.3 is 6.03 Å². The third kappa shape index (κ3) is 3.40. The van der Waals surface area contributed by atoms with E-state index in [2.05, 4.69) is 15.6 Å². The number of rotatable bonds is 4. The zero-order valence-corrected chi connectivity index (χ0v) is 13.9. The monoisotopic (exact) mass is 327 g/mol. The molecule has 0 bridgehead atoms. The van der Waals surface area contributed by atoms with Crippen molar-refractivity contribution >= 4 is 11.9 Å². The number of carbonyl (C=O) groups is 2. The van der Waals surface area contributed by atoms with Gasteiger partial charge in [-0.2, -0.15) is 0 Å². The molecule has 7 nitrogen and oxygen atoms in total. The molecule has 0 radical (unpaired) electrons. The summed E-state index contributed by atoms with van der Waals surface area (Å²) in [4.78, 5) is 29.7. The number of aryl methyl sites for hydroxylation is 1. The highest BCUT2D eigenvalue weighted by Gasteiger charge is 2.17. The Balaban J connectivity index is 1.59. The van der Waals surface area contributed by atoms with Crippen LogP contribution in [0.4, 0.5) is 4.79 Å². The van der Waals surface area contributed by atoms with Crippen LogP contribution in [0.5, 0.6) is 0 Å². The first kappa shape index (κ1) is 16.0. The fourth-order valence-corrected chi connectivity index (χ4v) is 2.73. The van der Waals surface area contributed by atoms with E-state index >= 15 is 0 Å². The van der Waals surface area contributed by atoms with Gasteiger partial charge in [0.25, 0.3) is 5.91 Å². The topological polar surface area (TPSA) is 79.3 Å². The number of urea groups is 1. The van der Waals surface area contributed by atoms with Crippen LogP contribution in [0.3, 0.4) is 0 Å². The Bertz CT molecular complexity index is 768. The van der Waals surface area contributed by atoms with Gasteiger partial charge in [-0.1, -0.05) is 12.1 Å². The molecule has 1 aromatic carbocycles. The summed E-state index contributed by atoms with van der Waals surface area (Å²) >= 11 is 0.